The fraction of sp³-hybridized carbons (Fsp3) is 0.0617. The average molecular weight is 1440 g/mol. The third-order valence-corrected chi connectivity index (χ3v) is 15.8. The normalized spacial score (nSPS) is 10.7. The number of hydrogen-bond acceptors (Lipinski definition) is 4. The largest absolute Gasteiger partial charge is 0.480 e. The van der Waals surface area contributed by atoms with Crippen molar-refractivity contribution in [3.63, 3.8) is 0 Å². The maximum Gasteiger partial charge on any atom is 0.323 e. The van der Waals surface area contributed by atoms with Gasteiger partial charge in [0, 0.05) is 39.0 Å². The van der Waals surface area contributed by atoms with Crippen LogP contribution in [0, 0.1) is 0 Å². The Morgan fingerprint density at radius 2 is 0.258 bits per heavy atom. The van der Waals surface area contributed by atoms with Gasteiger partial charge in [-0.05, 0) is 66.8 Å². The van der Waals surface area contributed by atoms with Crippen LogP contribution in [0.5, 0.6) is 0 Å². The first-order valence-corrected chi connectivity index (χ1v) is 30.2. The first-order chi connectivity index (χ1) is 44.4. The van der Waals surface area contributed by atoms with Crippen LogP contribution in [-0.2, 0) is 79.8 Å². The van der Waals surface area contributed by atoms with Crippen molar-refractivity contribution in [2.24, 2.45) is 0 Å². The van der Waals surface area contributed by atoms with E-state index in [1.165, 1.54) is 0 Å². The summed E-state index contributed by atoms with van der Waals surface area (Å²) in [5.41, 5.74) is 4.18. The molecule has 4 N–H and O–H groups in total. The summed E-state index contributed by atoms with van der Waals surface area (Å²) in [7, 11) is 0. The number of aliphatic carboxylic acids is 4. The molecule has 0 spiro atoms. The zero-order valence-electron chi connectivity index (χ0n) is 50.2. The minimum atomic E-state index is -1.20. The van der Waals surface area contributed by atoms with Crippen molar-refractivity contribution in [1.82, 2.24) is 0 Å². The molecule has 0 amide bonds. The Morgan fingerprint density at radius 1 is 0.194 bits per heavy atom. The first kappa shape index (κ1) is 72.4. The zero-order valence-corrected chi connectivity index (χ0v) is 55.0. The smallest absolute Gasteiger partial charge is 0.323 e. The average Bonchev–Trinajstić information content (AvgIpc) is 0.786. The SMILES string of the molecule is ClCCl.O=C(O)C(c1ccccc1)(c1ccccc1)c1ccccc1.O=C(O)C(c1ccccc1)(c1ccccc1)c1ccccc1.O=C(O)C(c1ccccc1)(c1ccccc1)c1ccccc1.O=C(O)C(c1ccccc1)(c1ccccc1)c1ccccc1.[Rh].[Rh]. The molecular weight excluding hydrogens is 1380 g/mol. The molecule has 0 aliphatic carbocycles. The molecule has 0 saturated heterocycles. The van der Waals surface area contributed by atoms with E-state index in [4.69, 9.17) is 23.2 Å². The second kappa shape index (κ2) is 35.8. The van der Waals surface area contributed by atoms with E-state index in [0.717, 1.165) is 66.8 Å². The van der Waals surface area contributed by atoms with Gasteiger partial charge in [0.15, 0.2) is 0 Å². The summed E-state index contributed by atoms with van der Waals surface area (Å²) >= 11 is 9.53. The van der Waals surface area contributed by atoms with E-state index in [1.807, 2.05) is 364 Å². The van der Waals surface area contributed by atoms with Crippen LogP contribution >= 0.6 is 23.2 Å². The summed E-state index contributed by atoms with van der Waals surface area (Å²) in [6.45, 7) is 0. The predicted molar refractivity (Wildman–Crippen MR) is 364 cm³/mol. The van der Waals surface area contributed by atoms with Gasteiger partial charge >= 0.3 is 23.9 Å². The number of alkyl halides is 2. The molecule has 0 atom stereocenters. The number of rotatable bonds is 16. The summed E-state index contributed by atoms with van der Waals surface area (Å²) in [6.07, 6.45) is 0. The molecule has 93 heavy (non-hydrogen) atoms. The van der Waals surface area contributed by atoms with Crippen molar-refractivity contribution >= 4 is 47.1 Å². The molecule has 12 aromatic carbocycles. The van der Waals surface area contributed by atoms with Gasteiger partial charge in [0.25, 0.3) is 0 Å². The van der Waals surface area contributed by atoms with E-state index in [9.17, 15) is 39.6 Å². The van der Waals surface area contributed by atoms with Crippen LogP contribution in [0.4, 0.5) is 0 Å². The zero-order chi connectivity index (χ0) is 64.4. The van der Waals surface area contributed by atoms with Gasteiger partial charge in [-0.15, -0.1) is 23.2 Å². The minimum absolute atomic E-state index is 0. The van der Waals surface area contributed by atoms with Gasteiger partial charge in [0.05, 0.1) is 5.34 Å². The van der Waals surface area contributed by atoms with Gasteiger partial charge in [0.2, 0.25) is 0 Å². The summed E-state index contributed by atoms with van der Waals surface area (Å²) in [6, 6.07) is 113. The van der Waals surface area contributed by atoms with Crippen molar-refractivity contribution in [3.8, 4) is 0 Å². The predicted octanol–water partition coefficient (Wildman–Crippen LogP) is 17.8. The van der Waals surface area contributed by atoms with Crippen LogP contribution in [0.3, 0.4) is 0 Å². The Kier molecular flexibility index (Phi) is 27.9. The molecule has 0 aliphatic rings. The van der Waals surface area contributed by atoms with Gasteiger partial charge in [-0.3, -0.25) is 19.2 Å². The number of benzene rings is 12. The topological polar surface area (TPSA) is 149 Å². The van der Waals surface area contributed by atoms with Gasteiger partial charge in [-0.25, -0.2) is 0 Å². The van der Waals surface area contributed by atoms with Crippen molar-refractivity contribution in [2.75, 3.05) is 5.34 Å². The molecule has 0 aromatic heterocycles. The third-order valence-electron chi connectivity index (χ3n) is 15.8. The van der Waals surface area contributed by atoms with Crippen molar-refractivity contribution in [2.45, 2.75) is 21.7 Å². The van der Waals surface area contributed by atoms with Crippen LogP contribution in [0.25, 0.3) is 0 Å². The molecule has 12 rings (SSSR count). The fourth-order valence-corrected chi connectivity index (χ4v) is 11.7. The number of halogens is 2. The number of carbonyl (C=O) groups is 4. The third kappa shape index (κ3) is 16.0. The Labute approximate surface area is 579 Å². The Balaban J connectivity index is 0.000000192. The van der Waals surface area contributed by atoms with Crippen LogP contribution in [-0.4, -0.2) is 49.6 Å². The fourth-order valence-electron chi connectivity index (χ4n) is 11.7. The molecule has 0 saturated carbocycles. The van der Waals surface area contributed by atoms with Gasteiger partial charge in [0.1, 0.15) is 21.7 Å². The summed E-state index contributed by atoms with van der Waals surface area (Å²) < 4.78 is 0. The first-order valence-electron chi connectivity index (χ1n) is 29.2. The standard InChI is InChI=1S/4C20H16O2.CH2Cl2.2Rh/c4*21-19(22)20(16-10-4-1-5-11-16,17-12-6-2-7-13-17)18-14-8-3-9-15-18;2-1-3;;/h4*1-15H,(H,21,22);1H2;;. The van der Waals surface area contributed by atoms with Crippen LogP contribution in [0.15, 0.2) is 364 Å². The molecular formula is C81H66Cl2O8Rh2. The molecule has 0 unspecified atom stereocenters. The molecule has 0 heterocycles. The van der Waals surface area contributed by atoms with Crippen LogP contribution in [0.2, 0.25) is 0 Å². The maximum absolute atomic E-state index is 12.4. The van der Waals surface area contributed by atoms with Gasteiger partial charge in [-0.1, -0.05) is 364 Å². The second-order valence-electron chi connectivity index (χ2n) is 20.7. The summed E-state index contributed by atoms with van der Waals surface area (Å²) in [5.74, 6) is -3.51. The van der Waals surface area contributed by atoms with Crippen molar-refractivity contribution in [3.05, 3.63) is 431 Å². The quantitative estimate of drug-likeness (QED) is 0.0424. The second-order valence-corrected chi connectivity index (χ2v) is 21.5. The number of hydrogen-bond donors (Lipinski definition) is 4. The molecule has 0 aliphatic heterocycles. The molecule has 12 aromatic rings. The number of carboxylic acid groups (broad SMARTS) is 4. The van der Waals surface area contributed by atoms with E-state index >= 15 is 0 Å². The monoisotopic (exact) mass is 1440 g/mol. The van der Waals surface area contributed by atoms with Gasteiger partial charge in [-0.2, -0.15) is 0 Å². The minimum Gasteiger partial charge on any atom is -0.480 e. The van der Waals surface area contributed by atoms with E-state index in [2.05, 4.69) is 0 Å². The van der Waals surface area contributed by atoms with E-state index < -0.39 is 45.5 Å². The van der Waals surface area contributed by atoms with Crippen LogP contribution < -0.4 is 0 Å². The van der Waals surface area contributed by atoms with Crippen LogP contribution in [0.1, 0.15) is 66.8 Å². The van der Waals surface area contributed by atoms with E-state index in [1.54, 1.807) is 0 Å². The molecule has 470 valence electrons. The summed E-state index contributed by atoms with van der Waals surface area (Å²) in [5, 5.41) is 40.9. The molecule has 2 radical (unpaired) electrons. The maximum atomic E-state index is 12.4. The van der Waals surface area contributed by atoms with E-state index in [0.29, 0.717) is 0 Å². The van der Waals surface area contributed by atoms with Gasteiger partial charge < -0.3 is 20.4 Å². The van der Waals surface area contributed by atoms with Crippen molar-refractivity contribution in [1.29, 1.82) is 0 Å². The molecule has 0 bridgehead atoms. The Bertz CT molecular complexity index is 3200. The Morgan fingerprint density at radius 3 is 0.312 bits per heavy atom. The number of carboxylic acids is 4. The van der Waals surface area contributed by atoms with E-state index in [-0.39, 0.29) is 44.3 Å². The van der Waals surface area contributed by atoms with Crippen molar-refractivity contribution < 1.29 is 78.6 Å². The molecule has 0 fully saturated rings. The summed E-state index contributed by atoms with van der Waals surface area (Å²) in [4.78, 5) is 49.7. The Hall–Kier alpha value is -9.65. The molecule has 12 heteroatoms. The molecule has 8 nitrogen and oxygen atoms in total.